The highest BCUT2D eigenvalue weighted by Gasteiger charge is 2.30. The molecule has 1 saturated heterocycles. The number of aromatic nitrogens is 5. The maximum atomic E-state index is 13.9. The molecule has 3 heterocycles. The molecule has 274 valence electrons. The molecule has 6 rings (SSSR count). The second kappa shape index (κ2) is 16.8. The first-order chi connectivity index (χ1) is 25.1. The van der Waals surface area contributed by atoms with E-state index in [1.807, 2.05) is 51.2 Å². The molecule has 0 radical (unpaired) electrons. The predicted octanol–water partition coefficient (Wildman–Crippen LogP) is 4.76. The van der Waals surface area contributed by atoms with Crippen LogP contribution in [0, 0.1) is 11.8 Å². The van der Waals surface area contributed by atoms with Crippen LogP contribution in [0.4, 0.5) is 16.3 Å². The Bertz CT molecular complexity index is 1800. The van der Waals surface area contributed by atoms with Crippen LogP contribution >= 0.6 is 0 Å². The van der Waals surface area contributed by atoms with Gasteiger partial charge >= 0.3 is 6.09 Å². The van der Waals surface area contributed by atoms with Gasteiger partial charge in [-0.25, -0.2) is 9.78 Å². The van der Waals surface area contributed by atoms with Gasteiger partial charge in [0.25, 0.3) is 0 Å². The van der Waals surface area contributed by atoms with Crippen LogP contribution in [0.3, 0.4) is 0 Å². The van der Waals surface area contributed by atoms with E-state index in [2.05, 4.69) is 58.6 Å². The molecule has 0 spiro atoms. The Hall–Kier alpha value is -5.37. The van der Waals surface area contributed by atoms with Gasteiger partial charge in [0.2, 0.25) is 17.6 Å². The van der Waals surface area contributed by atoms with E-state index in [-0.39, 0.29) is 23.7 Å². The van der Waals surface area contributed by atoms with Gasteiger partial charge in [0.05, 0.1) is 13.2 Å². The Morgan fingerprint density at radius 2 is 1.71 bits per heavy atom. The minimum absolute atomic E-state index is 0.147. The SMILES string of the molecule is CC(C)(C)OC(=O)NCC1CCC(C(=O)N[C@@H](Cc2cccc(-c3ccnc(N4CCOCC4)c3)c2)C(=O)Nc2ccc(-c3nn[nH]n3)cc2)CC1. The van der Waals surface area contributed by atoms with Gasteiger partial charge in [-0.15, -0.1) is 10.2 Å². The van der Waals surface area contributed by atoms with Crippen LogP contribution in [0.25, 0.3) is 22.5 Å². The minimum atomic E-state index is -0.826. The summed E-state index contributed by atoms with van der Waals surface area (Å²) in [4.78, 5) is 46.5. The summed E-state index contributed by atoms with van der Waals surface area (Å²) in [5.74, 6) is 0.905. The van der Waals surface area contributed by atoms with E-state index in [0.717, 1.165) is 54.0 Å². The van der Waals surface area contributed by atoms with Crippen LogP contribution in [-0.4, -0.2) is 88.0 Å². The fraction of sp³-hybridized carbons (Fsp3) is 0.447. The van der Waals surface area contributed by atoms with E-state index in [1.165, 1.54) is 0 Å². The van der Waals surface area contributed by atoms with Crippen LogP contribution in [-0.2, 0) is 25.5 Å². The van der Waals surface area contributed by atoms with E-state index in [9.17, 15) is 14.4 Å². The molecule has 2 aromatic carbocycles. The Kier molecular flexibility index (Phi) is 11.7. The van der Waals surface area contributed by atoms with Crippen LogP contribution in [0.15, 0.2) is 66.9 Å². The Balaban J connectivity index is 1.13. The molecule has 2 aromatic heterocycles. The van der Waals surface area contributed by atoms with Crippen LogP contribution in [0.2, 0.25) is 0 Å². The maximum absolute atomic E-state index is 13.9. The van der Waals surface area contributed by atoms with E-state index < -0.39 is 17.7 Å². The van der Waals surface area contributed by atoms with Gasteiger partial charge in [-0.3, -0.25) is 9.59 Å². The first-order valence-electron chi connectivity index (χ1n) is 17.9. The summed E-state index contributed by atoms with van der Waals surface area (Å²) < 4.78 is 10.9. The van der Waals surface area contributed by atoms with Crippen molar-refractivity contribution >= 4 is 29.4 Å². The number of nitrogens with zero attached hydrogens (tertiary/aromatic N) is 5. The minimum Gasteiger partial charge on any atom is -0.444 e. The number of carbonyl (C=O) groups is 3. The third kappa shape index (κ3) is 10.1. The quantitative estimate of drug-likeness (QED) is 0.170. The Morgan fingerprint density at radius 3 is 2.42 bits per heavy atom. The molecule has 0 bridgehead atoms. The fourth-order valence-corrected chi connectivity index (χ4v) is 6.56. The zero-order chi connectivity index (χ0) is 36.5. The molecule has 1 aliphatic carbocycles. The molecule has 14 heteroatoms. The van der Waals surface area contributed by atoms with E-state index >= 15 is 0 Å². The maximum Gasteiger partial charge on any atom is 0.407 e. The number of pyridine rings is 1. The molecule has 1 saturated carbocycles. The third-order valence-corrected chi connectivity index (χ3v) is 9.32. The van der Waals surface area contributed by atoms with E-state index in [0.29, 0.717) is 50.5 Å². The standard InChI is InChI=1S/C38H47N9O5/c1-38(2,3)52-37(50)40-24-25-7-9-28(10-8-25)35(48)42-32(36(49)41-31-13-11-27(12-14-31)34-43-45-46-44-34)22-26-5-4-6-29(21-26)30-15-16-39-33(23-30)47-17-19-51-20-18-47/h4-6,11-16,21,23,25,28,32H,7-10,17-20,22,24H2,1-3H3,(H,40,50)(H,41,49)(H,42,48)(H,43,44,45,46)/t25?,28?,32-/m0/s1. The molecule has 1 aliphatic heterocycles. The average Bonchev–Trinajstić information content (AvgIpc) is 3.69. The summed E-state index contributed by atoms with van der Waals surface area (Å²) >= 11 is 0. The number of benzene rings is 2. The number of tetrazole rings is 1. The lowest BCUT2D eigenvalue weighted by Crippen LogP contribution is -2.48. The molecule has 3 amide bonds. The topological polar surface area (TPSA) is 176 Å². The first kappa shape index (κ1) is 36.4. The van der Waals surface area contributed by atoms with Crippen LogP contribution < -0.4 is 20.9 Å². The molecule has 0 unspecified atom stereocenters. The highest BCUT2D eigenvalue weighted by Crippen LogP contribution is 2.29. The number of carbonyl (C=O) groups excluding carboxylic acids is 3. The van der Waals surface area contributed by atoms with Crippen molar-refractivity contribution in [1.29, 1.82) is 0 Å². The van der Waals surface area contributed by atoms with Crippen molar-refractivity contribution in [2.75, 3.05) is 43.1 Å². The van der Waals surface area contributed by atoms with Crippen molar-refractivity contribution in [2.24, 2.45) is 11.8 Å². The molecule has 14 nitrogen and oxygen atoms in total. The Morgan fingerprint density at radius 1 is 0.962 bits per heavy atom. The normalized spacial score (nSPS) is 18.2. The summed E-state index contributed by atoms with van der Waals surface area (Å²) in [7, 11) is 0. The van der Waals surface area contributed by atoms with Crippen molar-refractivity contribution in [3.63, 3.8) is 0 Å². The fourth-order valence-electron chi connectivity index (χ4n) is 6.56. The number of rotatable bonds is 11. The first-order valence-corrected chi connectivity index (χ1v) is 17.9. The second-order valence-electron chi connectivity index (χ2n) is 14.4. The van der Waals surface area contributed by atoms with Crippen molar-refractivity contribution in [3.8, 4) is 22.5 Å². The molecular formula is C38H47N9O5. The van der Waals surface area contributed by atoms with Gasteiger partial charge in [0.1, 0.15) is 17.5 Å². The lowest BCUT2D eigenvalue weighted by Gasteiger charge is -2.29. The number of nitrogens with one attached hydrogen (secondary N) is 4. The van der Waals surface area contributed by atoms with Gasteiger partial charge in [-0.2, -0.15) is 5.21 Å². The zero-order valence-corrected chi connectivity index (χ0v) is 29.9. The second-order valence-corrected chi connectivity index (χ2v) is 14.4. The number of amides is 3. The summed E-state index contributed by atoms with van der Waals surface area (Å²) in [6, 6.07) is 18.4. The molecule has 1 atom stereocenters. The Labute approximate surface area is 303 Å². The van der Waals surface area contributed by atoms with Crippen molar-refractivity contribution in [3.05, 3.63) is 72.4 Å². The van der Waals surface area contributed by atoms with Crippen LogP contribution in [0.5, 0.6) is 0 Å². The number of aromatic amines is 1. The van der Waals surface area contributed by atoms with E-state index in [4.69, 9.17) is 9.47 Å². The van der Waals surface area contributed by atoms with Gasteiger partial charge < -0.3 is 30.3 Å². The molecule has 4 N–H and O–H groups in total. The van der Waals surface area contributed by atoms with Crippen molar-refractivity contribution in [2.45, 2.75) is 64.5 Å². The summed E-state index contributed by atoms with van der Waals surface area (Å²) in [6.45, 7) is 8.92. The predicted molar refractivity (Wildman–Crippen MR) is 196 cm³/mol. The van der Waals surface area contributed by atoms with Gasteiger partial charge in [0.15, 0.2) is 0 Å². The largest absolute Gasteiger partial charge is 0.444 e. The number of alkyl carbamates (subject to hydrolysis) is 1. The van der Waals surface area contributed by atoms with Crippen molar-refractivity contribution < 1.29 is 23.9 Å². The molecule has 52 heavy (non-hydrogen) atoms. The number of hydrogen-bond acceptors (Lipinski definition) is 10. The average molecular weight is 710 g/mol. The van der Waals surface area contributed by atoms with Gasteiger partial charge in [-0.1, -0.05) is 24.3 Å². The molecular weight excluding hydrogens is 662 g/mol. The van der Waals surface area contributed by atoms with Gasteiger partial charge in [0, 0.05) is 49.4 Å². The molecule has 4 aromatic rings. The molecule has 2 fully saturated rings. The highest BCUT2D eigenvalue weighted by molar-refractivity contribution is 5.97. The van der Waals surface area contributed by atoms with Gasteiger partial charge in [-0.05, 0) is 111 Å². The third-order valence-electron chi connectivity index (χ3n) is 9.32. The molecule has 2 aliphatic rings. The number of H-pyrrole nitrogens is 1. The number of hydrogen-bond donors (Lipinski definition) is 4. The number of ether oxygens (including phenoxy) is 2. The van der Waals surface area contributed by atoms with E-state index in [1.54, 1.807) is 24.3 Å². The summed E-state index contributed by atoms with van der Waals surface area (Å²) in [6.07, 6.45) is 4.59. The summed E-state index contributed by atoms with van der Waals surface area (Å²) in [5, 5.41) is 23.0. The van der Waals surface area contributed by atoms with Crippen LogP contribution in [0.1, 0.15) is 52.0 Å². The summed E-state index contributed by atoms with van der Waals surface area (Å²) in [5.41, 5.74) is 3.69. The lowest BCUT2D eigenvalue weighted by atomic mass is 9.81. The zero-order valence-electron chi connectivity index (χ0n) is 29.9. The highest BCUT2D eigenvalue weighted by atomic mass is 16.6. The smallest absolute Gasteiger partial charge is 0.407 e. The number of morpholine rings is 1. The number of anilines is 2. The lowest BCUT2D eigenvalue weighted by molar-refractivity contribution is -0.130. The van der Waals surface area contributed by atoms with Crippen molar-refractivity contribution in [1.82, 2.24) is 36.2 Å². The monoisotopic (exact) mass is 709 g/mol.